The summed E-state index contributed by atoms with van der Waals surface area (Å²) >= 11 is 0. The van der Waals surface area contributed by atoms with E-state index in [-0.39, 0.29) is 11.5 Å². The van der Waals surface area contributed by atoms with E-state index in [9.17, 15) is 24.6 Å². The molecule has 8 atom stereocenters. The Morgan fingerprint density at radius 1 is 0.929 bits per heavy atom. The first-order valence-corrected chi connectivity index (χ1v) is 14.2. The second-order valence-electron chi connectivity index (χ2n) is 12.5. The molecule has 5 rings (SSSR count). The first-order chi connectivity index (χ1) is 19.7. The minimum Gasteiger partial charge on any atom is -0.458 e. The van der Waals surface area contributed by atoms with E-state index in [4.69, 9.17) is 18.9 Å². The van der Waals surface area contributed by atoms with Crippen molar-refractivity contribution in [3.05, 3.63) is 77.9 Å². The Bertz CT molecular complexity index is 1370. The number of esters is 3. The predicted molar refractivity (Wildman–Crippen MR) is 152 cm³/mol. The largest absolute Gasteiger partial charge is 0.458 e. The van der Waals surface area contributed by atoms with Gasteiger partial charge < -0.3 is 29.2 Å². The average molecular weight is 579 g/mol. The summed E-state index contributed by atoms with van der Waals surface area (Å²) in [7, 11) is 0. The molecule has 2 aromatic rings. The standard InChI is InChI=1S/C33H38O9/c1-20(34)39-26-27(36)32(5,38)33-19-23(30(2,3)42-33)18-24(40-25(35)17-16-21-12-8-6-9-13-21)31(33,4)28(26)41-29(37)22-14-10-7-11-15-22/h6-17,23-24,26-28,36,38H,18-19H2,1-5H3/b17-16-/t23-,24+,26-,27+,28+,31-,32+,33-/m1/s1. The number of benzene rings is 2. The Hall–Kier alpha value is -3.53. The molecule has 2 bridgehead atoms. The number of rotatable bonds is 6. The lowest BCUT2D eigenvalue weighted by atomic mass is 9.47. The third-order valence-electron chi connectivity index (χ3n) is 9.60. The van der Waals surface area contributed by atoms with E-state index in [1.54, 1.807) is 43.3 Å². The topological polar surface area (TPSA) is 129 Å². The lowest BCUT2D eigenvalue weighted by molar-refractivity contribution is -0.351. The summed E-state index contributed by atoms with van der Waals surface area (Å²) in [6, 6.07) is 17.5. The molecular formula is C33H38O9. The fourth-order valence-corrected chi connectivity index (χ4v) is 7.30. The van der Waals surface area contributed by atoms with Crippen LogP contribution in [0.25, 0.3) is 6.08 Å². The number of aliphatic hydroxyl groups is 2. The van der Waals surface area contributed by atoms with E-state index in [2.05, 4.69) is 0 Å². The van der Waals surface area contributed by atoms with Crippen molar-refractivity contribution in [2.24, 2.45) is 11.3 Å². The van der Waals surface area contributed by atoms with Crippen molar-refractivity contribution in [3.8, 4) is 0 Å². The van der Waals surface area contributed by atoms with Gasteiger partial charge in [-0.2, -0.15) is 0 Å². The van der Waals surface area contributed by atoms with Crippen LogP contribution in [-0.4, -0.2) is 69.3 Å². The van der Waals surface area contributed by atoms with Gasteiger partial charge in [-0.3, -0.25) is 4.79 Å². The van der Waals surface area contributed by atoms with Gasteiger partial charge >= 0.3 is 17.9 Å². The molecule has 0 radical (unpaired) electrons. The van der Waals surface area contributed by atoms with Gasteiger partial charge in [0.05, 0.1) is 16.6 Å². The molecule has 3 aliphatic rings. The van der Waals surface area contributed by atoms with Crippen LogP contribution in [0, 0.1) is 11.3 Å². The van der Waals surface area contributed by atoms with E-state index in [1.807, 2.05) is 44.2 Å². The van der Waals surface area contributed by atoms with Crippen molar-refractivity contribution in [2.75, 3.05) is 0 Å². The second kappa shape index (κ2) is 10.6. The quantitative estimate of drug-likeness (QED) is 0.298. The van der Waals surface area contributed by atoms with Crippen LogP contribution in [0.5, 0.6) is 0 Å². The predicted octanol–water partition coefficient (Wildman–Crippen LogP) is 3.86. The number of aliphatic hydroxyl groups excluding tert-OH is 1. The molecule has 0 amide bonds. The molecule has 1 saturated heterocycles. The maximum Gasteiger partial charge on any atom is 0.338 e. The number of carbonyl (C=O) groups excluding carboxylic acids is 3. The Balaban J connectivity index is 1.62. The van der Waals surface area contributed by atoms with Crippen molar-refractivity contribution in [1.29, 1.82) is 0 Å². The van der Waals surface area contributed by atoms with Gasteiger partial charge in [-0.05, 0) is 70.2 Å². The van der Waals surface area contributed by atoms with E-state index in [0.717, 1.165) is 5.56 Å². The fourth-order valence-electron chi connectivity index (χ4n) is 7.30. The second-order valence-corrected chi connectivity index (χ2v) is 12.5. The molecule has 1 heterocycles. The summed E-state index contributed by atoms with van der Waals surface area (Å²) in [5, 5.41) is 23.7. The van der Waals surface area contributed by atoms with Gasteiger partial charge in [0.1, 0.15) is 23.4 Å². The van der Waals surface area contributed by atoms with Crippen LogP contribution in [0.3, 0.4) is 0 Å². The summed E-state index contributed by atoms with van der Waals surface area (Å²) in [6.07, 6.45) is -1.90. The number of fused-ring (bicyclic) bond motifs is 1. The molecule has 2 aliphatic carbocycles. The molecule has 3 fully saturated rings. The van der Waals surface area contributed by atoms with Gasteiger partial charge in [0.2, 0.25) is 0 Å². The summed E-state index contributed by atoms with van der Waals surface area (Å²) in [4.78, 5) is 39.0. The van der Waals surface area contributed by atoms with Crippen LogP contribution in [0.2, 0.25) is 0 Å². The minimum absolute atomic E-state index is 0.170. The van der Waals surface area contributed by atoms with Gasteiger partial charge in [0, 0.05) is 13.0 Å². The molecule has 42 heavy (non-hydrogen) atoms. The monoisotopic (exact) mass is 578 g/mol. The molecule has 1 aliphatic heterocycles. The molecule has 1 spiro atoms. The molecule has 2 saturated carbocycles. The zero-order valence-corrected chi connectivity index (χ0v) is 24.5. The summed E-state index contributed by atoms with van der Waals surface area (Å²) in [5.74, 6) is -2.27. The van der Waals surface area contributed by atoms with Crippen molar-refractivity contribution in [2.45, 2.75) is 88.7 Å². The summed E-state index contributed by atoms with van der Waals surface area (Å²) < 4.78 is 24.5. The van der Waals surface area contributed by atoms with Crippen LogP contribution in [0.15, 0.2) is 66.7 Å². The van der Waals surface area contributed by atoms with Gasteiger partial charge in [-0.1, -0.05) is 48.5 Å². The van der Waals surface area contributed by atoms with Gasteiger partial charge in [0.25, 0.3) is 0 Å². The SMILES string of the molecule is CC(=O)O[C@H]1[C@H](OC(=O)c2ccccc2)[C@@]2(C)[C@@H](OC(=O)/C=C\c3ccccc3)C[C@@H]3C[C@]2(OC3(C)C)[C@@](C)(O)[C@H]1O. The first kappa shape index (κ1) is 29.9. The zero-order valence-electron chi connectivity index (χ0n) is 24.5. The molecule has 224 valence electrons. The van der Waals surface area contributed by atoms with Crippen molar-refractivity contribution in [3.63, 3.8) is 0 Å². The van der Waals surface area contributed by atoms with Gasteiger partial charge in [-0.25, -0.2) is 9.59 Å². The van der Waals surface area contributed by atoms with E-state index >= 15 is 0 Å². The van der Waals surface area contributed by atoms with E-state index in [0.29, 0.717) is 12.8 Å². The molecule has 9 heteroatoms. The lowest BCUT2D eigenvalue weighted by Crippen LogP contribution is -2.82. The van der Waals surface area contributed by atoms with E-state index < -0.39 is 64.5 Å². The first-order valence-electron chi connectivity index (χ1n) is 14.2. The van der Waals surface area contributed by atoms with Crippen molar-refractivity contribution >= 4 is 24.0 Å². The smallest absolute Gasteiger partial charge is 0.338 e. The molecule has 0 unspecified atom stereocenters. The Labute approximate surface area is 245 Å². The Morgan fingerprint density at radius 3 is 2.17 bits per heavy atom. The van der Waals surface area contributed by atoms with E-state index in [1.165, 1.54) is 19.9 Å². The average Bonchev–Trinajstić information content (AvgIpc) is 3.20. The van der Waals surface area contributed by atoms with Crippen LogP contribution in [0.4, 0.5) is 0 Å². The Kier molecular flexibility index (Phi) is 7.58. The van der Waals surface area contributed by atoms with Crippen molar-refractivity contribution in [1.82, 2.24) is 0 Å². The number of hydrogen-bond acceptors (Lipinski definition) is 9. The zero-order chi connectivity index (χ0) is 30.5. The molecule has 2 N–H and O–H groups in total. The normalized spacial score (nSPS) is 36.6. The van der Waals surface area contributed by atoms with Crippen LogP contribution in [-0.2, 0) is 28.5 Å². The van der Waals surface area contributed by atoms with Crippen LogP contribution in [0.1, 0.15) is 63.4 Å². The highest BCUT2D eigenvalue weighted by Crippen LogP contribution is 2.68. The lowest BCUT2D eigenvalue weighted by Gasteiger charge is -2.65. The van der Waals surface area contributed by atoms with Crippen LogP contribution < -0.4 is 0 Å². The maximum atomic E-state index is 13.5. The fraction of sp³-hybridized carbons (Fsp3) is 0.485. The molecule has 2 aromatic carbocycles. The molecule has 9 nitrogen and oxygen atoms in total. The summed E-state index contributed by atoms with van der Waals surface area (Å²) in [5.41, 5.74) is -4.73. The number of ether oxygens (including phenoxy) is 4. The molecule has 0 aromatic heterocycles. The highest BCUT2D eigenvalue weighted by molar-refractivity contribution is 5.89. The third-order valence-corrected chi connectivity index (χ3v) is 9.60. The number of hydrogen-bond donors (Lipinski definition) is 2. The number of carbonyl (C=O) groups is 3. The van der Waals surface area contributed by atoms with Crippen molar-refractivity contribution < 1.29 is 43.5 Å². The minimum atomic E-state index is -1.99. The third kappa shape index (κ3) is 4.73. The van der Waals surface area contributed by atoms with Gasteiger partial charge in [0.15, 0.2) is 12.2 Å². The van der Waals surface area contributed by atoms with Gasteiger partial charge in [-0.15, -0.1) is 0 Å². The van der Waals surface area contributed by atoms with Crippen LogP contribution >= 0.6 is 0 Å². The highest BCUT2D eigenvalue weighted by Gasteiger charge is 2.82. The maximum absolute atomic E-state index is 13.5. The summed E-state index contributed by atoms with van der Waals surface area (Å²) in [6.45, 7) is 8.08. The Morgan fingerprint density at radius 2 is 1.55 bits per heavy atom. The highest BCUT2D eigenvalue weighted by atomic mass is 16.6. The molecular weight excluding hydrogens is 540 g/mol.